The lowest BCUT2D eigenvalue weighted by Crippen LogP contribution is -2.56. The van der Waals surface area contributed by atoms with Crippen molar-refractivity contribution >= 4 is 27.9 Å². The molecule has 0 spiro atoms. The number of amides is 2. The summed E-state index contributed by atoms with van der Waals surface area (Å²) < 4.78 is 5.00. The molecule has 84 valence electrons. The van der Waals surface area contributed by atoms with Gasteiger partial charge < -0.3 is 4.74 Å². The van der Waals surface area contributed by atoms with Crippen molar-refractivity contribution in [2.75, 3.05) is 6.54 Å². The number of hydrogen-bond acceptors (Lipinski definition) is 3. The van der Waals surface area contributed by atoms with E-state index >= 15 is 0 Å². The highest BCUT2D eigenvalue weighted by molar-refractivity contribution is 9.10. The third kappa shape index (κ3) is 2.24. The van der Waals surface area contributed by atoms with Gasteiger partial charge in [-0.15, -0.1) is 0 Å². The molecule has 1 unspecified atom stereocenters. The number of likely N-dealkylation sites (tertiary alicyclic amines) is 1. The summed E-state index contributed by atoms with van der Waals surface area (Å²) in [5, 5.41) is 0. The molecule has 1 aromatic carbocycles. The van der Waals surface area contributed by atoms with Crippen LogP contribution in [-0.4, -0.2) is 28.3 Å². The fraction of sp³-hybridized carbons (Fsp3) is 0.273. The van der Waals surface area contributed by atoms with E-state index in [0.29, 0.717) is 6.54 Å². The first kappa shape index (κ1) is 11.1. The number of carbonyl (C=O) groups is 2. The van der Waals surface area contributed by atoms with Crippen molar-refractivity contribution < 1.29 is 14.3 Å². The number of carbonyl (C=O) groups excluding carboxylic acids is 2. The lowest BCUT2D eigenvalue weighted by molar-refractivity contribution is -0.136. The Balaban J connectivity index is 1.83. The number of imide groups is 1. The molecule has 0 bridgehead atoms. The van der Waals surface area contributed by atoms with E-state index in [9.17, 15) is 9.59 Å². The van der Waals surface area contributed by atoms with Crippen molar-refractivity contribution in [2.24, 2.45) is 0 Å². The van der Waals surface area contributed by atoms with Crippen molar-refractivity contribution in [3.8, 4) is 0 Å². The fourth-order valence-corrected chi connectivity index (χ4v) is 1.88. The zero-order chi connectivity index (χ0) is 11.5. The van der Waals surface area contributed by atoms with Crippen molar-refractivity contribution in [3.63, 3.8) is 0 Å². The van der Waals surface area contributed by atoms with Crippen LogP contribution >= 0.6 is 15.9 Å². The van der Waals surface area contributed by atoms with Gasteiger partial charge >= 0.3 is 6.09 Å². The average Bonchev–Trinajstić information content (AvgIpc) is 2.33. The third-order valence-corrected chi connectivity index (χ3v) is 2.98. The molecule has 0 aromatic heterocycles. The lowest BCUT2D eigenvalue weighted by Gasteiger charge is -2.32. The number of nitrogens with zero attached hydrogens (tertiary/aromatic N) is 1. The number of β-lactam (4-membered cyclic amide) rings is 1. The van der Waals surface area contributed by atoms with Crippen LogP contribution < -0.4 is 0 Å². The monoisotopic (exact) mass is 283 g/mol. The summed E-state index contributed by atoms with van der Waals surface area (Å²) in [6.07, 6.45) is -0.579. The van der Waals surface area contributed by atoms with Crippen LogP contribution in [-0.2, 0) is 16.1 Å². The van der Waals surface area contributed by atoms with E-state index in [1.54, 1.807) is 0 Å². The van der Waals surface area contributed by atoms with Gasteiger partial charge in [0.05, 0.1) is 6.54 Å². The van der Waals surface area contributed by atoms with Crippen LogP contribution in [0.2, 0.25) is 0 Å². The molecule has 1 heterocycles. The van der Waals surface area contributed by atoms with Crippen molar-refractivity contribution in [3.05, 3.63) is 35.9 Å². The molecule has 2 rings (SSSR count). The highest BCUT2D eigenvalue weighted by Crippen LogP contribution is 2.19. The van der Waals surface area contributed by atoms with Gasteiger partial charge in [-0.25, -0.2) is 9.69 Å². The first-order valence-corrected chi connectivity index (χ1v) is 5.76. The van der Waals surface area contributed by atoms with E-state index in [4.69, 9.17) is 4.74 Å². The highest BCUT2D eigenvalue weighted by atomic mass is 79.9. The Morgan fingerprint density at radius 2 is 2.12 bits per heavy atom. The number of rotatable bonds is 2. The van der Waals surface area contributed by atoms with Gasteiger partial charge in [0.15, 0.2) is 0 Å². The van der Waals surface area contributed by atoms with Crippen molar-refractivity contribution in [1.82, 2.24) is 4.90 Å². The Bertz CT molecular complexity index is 407. The Labute approximate surface area is 101 Å². The molecule has 0 radical (unpaired) electrons. The second kappa shape index (κ2) is 4.65. The third-order valence-electron chi connectivity index (χ3n) is 2.30. The minimum Gasteiger partial charge on any atom is -0.444 e. The maximum Gasteiger partial charge on any atom is 0.416 e. The van der Waals surface area contributed by atoms with E-state index in [1.165, 1.54) is 0 Å². The van der Waals surface area contributed by atoms with Crippen molar-refractivity contribution in [2.45, 2.75) is 11.4 Å². The zero-order valence-electron chi connectivity index (χ0n) is 8.43. The first-order chi connectivity index (χ1) is 7.68. The lowest BCUT2D eigenvalue weighted by atomic mass is 10.2. The summed E-state index contributed by atoms with van der Waals surface area (Å²) in [5.41, 5.74) is 0.902. The first-order valence-electron chi connectivity index (χ1n) is 4.84. The second-order valence-corrected chi connectivity index (χ2v) is 4.56. The van der Waals surface area contributed by atoms with Gasteiger partial charge in [-0.3, -0.25) is 4.79 Å². The zero-order valence-corrected chi connectivity index (χ0v) is 10.0. The molecule has 1 aliphatic rings. The molecule has 0 N–H and O–H groups in total. The van der Waals surface area contributed by atoms with E-state index in [0.717, 1.165) is 10.5 Å². The van der Waals surface area contributed by atoms with E-state index < -0.39 is 6.09 Å². The largest absolute Gasteiger partial charge is 0.444 e. The molecule has 5 heteroatoms. The number of halogens is 1. The molecule has 1 saturated heterocycles. The summed E-state index contributed by atoms with van der Waals surface area (Å²) in [6.45, 7) is 0.572. The van der Waals surface area contributed by atoms with Crippen molar-refractivity contribution in [1.29, 1.82) is 0 Å². The Kier molecular flexibility index (Phi) is 3.24. The smallest absolute Gasteiger partial charge is 0.416 e. The maximum atomic E-state index is 11.4. The fourth-order valence-electron chi connectivity index (χ4n) is 1.35. The second-order valence-electron chi connectivity index (χ2n) is 3.46. The van der Waals surface area contributed by atoms with Gasteiger partial charge in [0.2, 0.25) is 5.91 Å². The van der Waals surface area contributed by atoms with Crippen LogP contribution in [0.3, 0.4) is 0 Å². The van der Waals surface area contributed by atoms with Crippen LogP contribution in [0.1, 0.15) is 5.56 Å². The van der Waals surface area contributed by atoms with Gasteiger partial charge in [-0.05, 0) is 5.56 Å². The van der Waals surface area contributed by atoms with Crippen LogP contribution in [0.25, 0.3) is 0 Å². The van der Waals surface area contributed by atoms with Gasteiger partial charge in [0, 0.05) is 0 Å². The summed E-state index contributed by atoms with van der Waals surface area (Å²) in [4.78, 5) is 23.5. The minimum atomic E-state index is -0.579. The maximum absolute atomic E-state index is 11.4. The normalized spacial score (nSPS) is 19.2. The van der Waals surface area contributed by atoms with Gasteiger partial charge in [0.1, 0.15) is 11.4 Å². The van der Waals surface area contributed by atoms with Gasteiger partial charge in [0.25, 0.3) is 0 Å². The molecule has 0 saturated carbocycles. The van der Waals surface area contributed by atoms with Gasteiger partial charge in [-0.1, -0.05) is 46.3 Å². The molecule has 0 aliphatic carbocycles. The molecule has 16 heavy (non-hydrogen) atoms. The molecule has 2 amide bonds. The number of hydrogen-bond donors (Lipinski definition) is 0. The molecule has 1 aliphatic heterocycles. The molecule has 1 aromatic rings. The summed E-state index contributed by atoms with van der Waals surface area (Å²) >= 11 is 3.13. The molecular weight excluding hydrogens is 274 g/mol. The molecule has 1 atom stereocenters. The number of alkyl halides is 1. The molecule has 4 nitrogen and oxygen atoms in total. The predicted octanol–water partition coefficient (Wildman–Crippen LogP) is 1.93. The SMILES string of the molecule is O=C(OCc1ccccc1)N1CC(Br)C1=O. The van der Waals surface area contributed by atoms with Gasteiger partial charge in [-0.2, -0.15) is 0 Å². The predicted molar refractivity (Wildman–Crippen MR) is 61.1 cm³/mol. The summed E-state index contributed by atoms with van der Waals surface area (Å²) in [7, 11) is 0. The minimum absolute atomic E-state index is 0.191. The van der Waals surface area contributed by atoms with E-state index in [2.05, 4.69) is 15.9 Å². The van der Waals surface area contributed by atoms with E-state index in [-0.39, 0.29) is 17.3 Å². The van der Waals surface area contributed by atoms with Crippen LogP contribution in [0.5, 0.6) is 0 Å². The van der Waals surface area contributed by atoms with Crippen LogP contribution in [0.4, 0.5) is 4.79 Å². The number of benzene rings is 1. The summed E-state index contributed by atoms with van der Waals surface area (Å²) in [5.74, 6) is -0.238. The topological polar surface area (TPSA) is 46.6 Å². The highest BCUT2D eigenvalue weighted by Gasteiger charge is 2.39. The quantitative estimate of drug-likeness (QED) is 0.616. The van der Waals surface area contributed by atoms with Crippen LogP contribution in [0, 0.1) is 0 Å². The molecular formula is C11H10BrNO3. The molecule has 1 fully saturated rings. The van der Waals surface area contributed by atoms with E-state index in [1.807, 2.05) is 30.3 Å². The Morgan fingerprint density at radius 3 is 2.69 bits per heavy atom. The standard InChI is InChI=1S/C11H10BrNO3/c12-9-6-13(10(9)14)11(15)16-7-8-4-2-1-3-5-8/h1-5,9H,6-7H2. The van der Waals surface area contributed by atoms with Crippen LogP contribution in [0.15, 0.2) is 30.3 Å². The average molecular weight is 284 g/mol. The number of ether oxygens (including phenoxy) is 1. The Hall–Kier alpha value is -1.36. The Morgan fingerprint density at radius 1 is 1.44 bits per heavy atom. The summed E-state index contributed by atoms with van der Waals surface area (Å²) in [6, 6.07) is 9.34.